The van der Waals surface area contributed by atoms with Crippen LogP contribution in [-0.2, 0) is 6.42 Å². The van der Waals surface area contributed by atoms with Crippen molar-refractivity contribution in [2.45, 2.75) is 25.6 Å². The first-order valence-corrected chi connectivity index (χ1v) is 7.12. The number of aryl methyl sites for hydroxylation is 2. The van der Waals surface area contributed by atoms with Crippen molar-refractivity contribution in [1.82, 2.24) is 4.98 Å². The van der Waals surface area contributed by atoms with Gasteiger partial charge in [-0.25, -0.2) is 4.98 Å². The molecular weight excluding hydrogens is 270 g/mol. The van der Waals surface area contributed by atoms with Gasteiger partial charge in [0.25, 0.3) is 0 Å². The molecule has 2 aromatic carbocycles. The van der Waals surface area contributed by atoms with E-state index >= 15 is 0 Å². The van der Waals surface area contributed by atoms with Gasteiger partial charge in [-0.1, -0.05) is 41.5 Å². The van der Waals surface area contributed by atoms with E-state index in [1.807, 2.05) is 24.3 Å². The molecule has 0 radical (unpaired) electrons. The van der Waals surface area contributed by atoms with Crippen molar-refractivity contribution in [2.24, 2.45) is 0 Å². The molecule has 0 aliphatic heterocycles. The van der Waals surface area contributed by atoms with E-state index in [1.165, 1.54) is 11.1 Å². The van der Waals surface area contributed by atoms with Crippen LogP contribution < -0.4 is 0 Å². The highest BCUT2D eigenvalue weighted by molar-refractivity contribution is 6.20. The molecule has 1 atom stereocenters. The molecule has 3 aromatic rings. The minimum Gasteiger partial charge on any atom is -0.441 e. The van der Waals surface area contributed by atoms with Gasteiger partial charge in [0.2, 0.25) is 0 Å². The number of hydrogen-bond acceptors (Lipinski definition) is 2. The number of hydrogen-bond donors (Lipinski definition) is 0. The van der Waals surface area contributed by atoms with Crippen LogP contribution in [0.25, 0.3) is 11.1 Å². The van der Waals surface area contributed by atoms with Gasteiger partial charge in [0.1, 0.15) is 5.52 Å². The van der Waals surface area contributed by atoms with E-state index in [9.17, 15) is 0 Å². The summed E-state index contributed by atoms with van der Waals surface area (Å²) in [6.07, 6.45) is 0.596. The Bertz CT molecular complexity index is 694. The van der Waals surface area contributed by atoms with Gasteiger partial charge >= 0.3 is 0 Å². The van der Waals surface area contributed by atoms with Crippen LogP contribution in [-0.4, -0.2) is 4.98 Å². The Balaban J connectivity index is 1.86. The molecule has 1 unspecified atom stereocenters. The molecule has 20 heavy (non-hydrogen) atoms. The zero-order valence-corrected chi connectivity index (χ0v) is 12.3. The van der Waals surface area contributed by atoms with Gasteiger partial charge in [0.05, 0.1) is 5.38 Å². The zero-order chi connectivity index (χ0) is 14.1. The van der Waals surface area contributed by atoms with E-state index in [4.69, 9.17) is 16.0 Å². The number of aromatic nitrogens is 1. The molecule has 0 bridgehead atoms. The van der Waals surface area contributed by atoms with Crippen LogP contribution in [0.1, 0.15) is 28.0 Å². The molecular formula is C17H16ClNO. The second-order valence-corrected chi connectivity index (χ2v) is 5.69. The van der Waals surface area contributed by atoms with Crippen LogP contribution in [0.15, 0.2) is 46.9 Å². The Hall–Kier alpha value is -1.80. The fourth-order valence-corrected chi connectivity index (χ4v) is 2.73. The third kappa shape index (κ3) is 2.70. The molecule has 0 saturated carbocycles. The highest BCUT2D eigenvalue weighted by Crippen LogP contribution is 2.27. The molecule has 1 heterocycles. The van der Waals surface area contributed by atoms with Gasteiger partial charge in [-0.15, -0.1) is 11.6 Å². The molecule has 3 heteroatoms. The molecule has 0 N–H and O–H groups in total. The lowest BCUT2D eigenvalue weighted by atomic mass is 10.0. The molecule has 102 valence electrons. The normalized spacial score (nSPS) is 12.8. The number of rotatable bonds is 3. The average Bonchev–Trinajstić information content (AvgIpc) is 2.79. The zero-order valence-electron chi connectivity index (χ0n) is 11.6. The number of fused-ring (bicyclic) bond motifs is 1. The second-order valence-electron chi connectivity index (χ2n) is 5.17. The van der Waals surface area contributed by atoms with Gasteiger partial charge in [-0.2, -0.15) is 0 Å². The van der Waals surface area contributed by atoms with E-state index in [2.05, 4.69) is 37.0 Å². The molecule has 0 aliphatic rings. The van der Waals surface area contributed by atoms with Crippen molar-refractivity contribution in [3.05, 3.63) is 65.0 Å². The lowest BCUT2D eigenvalue weighted by Gasteiger charge is -2.09. The van der Waals surface area contributed by atoms with E-state index in [-0.39, 0.29) is 5.38 Å². The van der Waals surface area contributed by atoms with Crippen LogP contribution in [0, 0.1) is 13.8 Å². The highest BCUT2D eigenvalue weighted by Gasteiger charge is 2.14. The van der Waals surface area contributed by atoms with Crippen LogP contribution in [0.2, 0.25) is 0 Å². The molecule has 1 aromatic heterocycles. The maximum absolute atomic E-state index is 6.51. The average molecular weight is 286 g/mol. The van der Waals surface area contributed by atoms with Crippen molar-refractivity contribution in [3.8, 4) is 0 Å². The fraction of sp³-hybridized carbons (Fsp3) is 0.235. The Morgan fingerprint density at radius 1 is 1.10 bits per heavy atom. The van der Waals surface area contributed by atoms with Gasteiger partial charge in [-0.3, -0.25) is 0 Å². The summed E-state index contributed by atoms with van der Waals surface area (Å²) in [4.78, 5) is 4.47. The fourth-order valence-electron chi connectivity index (χ4n) is 2.47. The number of para-hydroxylation sites is 2. The summed E-state index contributed by atoms with van der Waals surface area (Å²) < 4.78 is 5.73. The second kappa shape index (κ2) is 5.29. The van der Waals surface area contributed by atoms with E-state index < -0.39 is 0 Å². The minimum atomic E-state index is -0.123. The number of nitrogens with zero attached hydrogens (tertiary/aromatic N) is 1. The Morgan fingerprint density at radius 2 is 1.80 bits per heavy atom. The standard InChI is InChI=1S/C17H16ClNO/c1-11-7-12(2)9-13(8-11)14(18)10-17-19-15-5-3-4-6-16(15)20-17/h3-9,14H,10H2,1-2H3. The van der Waals surface area contributed by atoms with Crippen LogP contribution in [0.3, 0.4) is 0 Å². The number of oxazole rings is 1. The van der Waals surface area contributed by atoms with Crippen molar-refractivity contribution in [1.29, 1.82) is 0 Å². The van der Waals surface area contributed by atoms with Crippen LogP contribution in [0.4, 0.5) is 0 Å². The first kappa shape index (κ1) is 13.2. The molecule has 0 saturated heterocycles. The van der Waals surface area contributed by atoms with Gasteiger partial charge in [-0.05, 0) is 31.5 Å². The summed E-state index contributed by atoms with van der Waals surface area (Å²) in [6.45, 7) is 4.17. The molecule has 2 nitrogen and oxygen atoms in total. The summed E-state index contributed by atoms with van der Waals surface area (Å²) in [5.41, 5.74) is 5.26. The molecule has 0 spiro atoms. The molecule has 3 rings (SSSR count). The smallest absolute Gasteiger partial charge is 0.197 e. The predicted molar refractivity (Wildman–Crippen MR) is 82.2 cm³/mol. The van der Waals surface area contributed by atoms with Crippen molar-refractivity contribution >= 4 is 22.7 Å². The van der Waals surface area contributed by atoms with Gasteiger partial charge in [0.15, 0.2) is 11.5 Å². The number of alkyl halides is 1. The lowest BCUT2D eigenvalue weighted by molar-refractivity contribution is 0.525. The Kier molecular flexibility index (Phi) is 3.49. The number of halogens is 1. The highest BCUT2D eigenvalue weighted by atomic mass is 35.5. The summed E-state index contributed by atoms with van der Waals surface area (Å²) in [6, 6.07) is 14.2. The molecule has 0 fully saturated rings. The van der Waals surface area contributed by atoms with Crippen LogP contribution >= 0.6 is 11.6 Å². The SMILES string of the molecule is Cc1cc(C)cc(C(Cl)Cc2nc3ccccc3o2)c1. The van der Waals surface area contributed by atoms with Crippen molar-refractivity contribution < 1.29 is 4.42 Å². The summed E-state index contributed by atoms with van der Waals surface area (Å²) >= 11 is 6.51. The largest absolute Gasteiger partial charge is 0.441 e. The Labute approximate surface area is 123 Å². The Morgan fingerprint density at radius 3 is 2.50 bits per heavy atom. The molecule has 0 aliphatic carbocycles. The van der Waals surface area contributed by atoms with Gasteiger partial charge < -0.3 is 4.42 Å². The number of benzene rings is 2. The summed E-state index contributed by atoms with van der Waals surface area (Å²) in [5, 5.41) is -0.123. The van der Waals surface area contributed by atoms with E-state index in [0.717, 1.165) is 16.7 Å². The first-order valence-electron chi connectivity index (χ1n) is 6.68. The monoisotopic (exact) mass is 285 g/mol. The maximum Gasteiger partial charge on any atom is 0.197 e. The third-order valence-corrected chi connectivity index (χ3v) is 3.70. The third-order valence-electron chi connectivity index (χ3n) is 3.30. The van der Waals surface area contributed by atoms with E-state index in [1.54, 1.807) is 0 Å². The summed E-state index contributed by atoms with van der Waals surface area (Å²) in [7, 11) is 0. The minimum absolute atomic E-state index is 0.123. The first-order chi connectivity index (χ1) is 9.61. The van der Waals surface area contributed by atoms with E-state index in [0.29, 0.717) is 12.3 Å². The van der Waals surface area contributed by atoms with Crippen LogP contribution in [0.5, 0.6) is 0 Å². The maximum atomic E-state index is 6.51. The summed E-state index contributed by atoms with van der Waals surface area (Å²) in [5.74, 6) is 0.686. The van der Waals surface area contributed by atoms with Crippen molar-refractivity contribution in [2.75, 3.05) is 0 Å². The predicted octanol–water partition coefficient (Wildman–Crippen LogP) is 4.97. The lowest BCUT2D eigenvalue weighted by Crippen LogP contribution is -1.97. The van der Waals surface area contributed by atoms with Gasteiger partial charge in [0, 0.05) is 6.42 Å². The quantitative estimate of drug-likeness (QED) is 0.635. The topological polar surface area (TPSA) is 26.0 Å². The van der Waals surface area contributed by atoms with Crippen molar-refractivity contribution in [3.63, 3.8) is 0 Å². The molecule has 0 amide bonds.